The van der Waals surface area contributed by atoms with Crippen LogP contribution in [-0.4, -0.2) is 30.1 Å². The van der Waals surface area contributed by atoms with Gasteiger partial charge in [-0.15, -0.1) is 5.10 Å². The van der Waals surface area contributed by atoms with Gasteiger partial charge in [-0.25, -0.2) is 9.07 Å². The molecule has 2 aromatic carbocycles. The van der Waals surface area contributed by atoms with Gasteiger partial charge in [0.2, 0.25) is 0 Å². The van der Waals surface area contributed by atoms with Crippen molar-refractivity contribution in [1.29, 1.82) is 0 Å². The van der Waals surface area contributed by atoms with Gasteiger partial charge in [0.1, 0.15) is 5.82 Å². The third-order valence-corrected chi connectivity index (χ3v) is 6.30. The second-order valence-corrected chi connectivity index (χ2v) is 10.2. The number of halogens is 1. The highest BCUT2D eigenvalue weighted by atomic mass is 19.1. The SMILES string of the molecule is CC[C@H](c1nnnn1C(C)(C)C)N(Cc1ccc(F)cc1)Cc1cc2cc(C)cc(C)c2[nH]c1=O. The van der Waals surface area contributed by atoms with E-state index in [1.165, 1.54) is 12.1 Å². The highest BCUT2D eigenvalue weighted by Crippen LogP contribution is 2.29. The van der Waals surface area contributed by atoms with Crippen LogP contribution in [-0.2, 0) is 18.6 Å². The predicted molar refractivity (Wildman–Crippen MR) is 136 cm³/mol. The number of H-pyrrole nitrogens is 1. The third kappa shape index (κ3) is 5.32. The summed E-state index contributed by atoms with van der Waals surface area (Å²) >= 11 is 0. The molecule has 0 unspecified atom stereocenters. The summed E-state index contributed by atoms with van der Waals surface area (Å²) in [7, 11) is 0. The van der Waals surface area contributed by atoms with Gasteiger partial charge in [-0.3, -0.25) is 9.69 Å². The molecular formula is C27H33FN6O. The zero-order valence-electron chi connectivity index (χ0n) is 21.3. The van der Waals surface area contributed by atoms with Gasteiger partial charge in [-0.1, -0.05) is 30.7 Å². The molecule has 35 heavy (non-hydrogen) atoms. The number of hydrogen-bond donors (Lipinski definition) is 1. The summed E-state index contributed by atoms with van der Waals surface area (Å²) in [6.45, 7) is 13.2. The molecule has 8 heteroatoms. The number of nitrogens with zero attached hydrogens (tertiary/aromatic N) is 5. The van der Waals surface area contributed by atoms with Crippen molar-refractivity contribution in [1.82, 2.24) is 30.1 Å². The lowest BCUT2D eigenvalue weighted by Gasteiger charge is -2.32. The summed E-state index contributed by atoms with van der Waals surface area (Å²) in [5.41, 5.74) is 4.25. The molecule has 1 N–H and O–H groups in total. The second-order valence-electron chi connectivity index (χ2n) is 10.2. The number of nitrogens with one attached hydrogen (secondary N) is 1. The molecule has 0 saturated carbocycles. The number of rotatable bonds is 7. The third-order valence-electron chi connectivity index (χ3n) is 6.30. The molecule has 4 aromatic rings. The van der Waals surface area contributed by atoms with Crippen molar-refractivity contribution in [2.45, 2.75) is 72.6 Å². The van der Waals surface area contributed by atoms with Crippen LogP contribution in [0.3, 0.4) is 0 Å². The minimum atomic E-state index is -0.302. The maximum Gasteiger partial charge on any atom is 0.252 e. The Hall–Kier alpha value is -3.39. The van der Waals surface area contributed by atoms with Gasteiger partial charge in [0, 0.05) is 18.7 Å². The van der Waals surface area contributed by atoms with E-state index in [4.69, 9.17) is 0 Å². The quantitative estimate of drug-likeness (QED) is 0.398. The number of fused-ring (bicyclic) bond motifs is 1. The van der Waals surface area contributed by atoms with Gasteiger partial charge in [0.25, 0.3) is 5.56 Å². The molecule has 0 spiro atoms. The standard InChI is InChI=1S/C27H33FN6O/c1-7-23(25-30-31-32-34(25)27(4,5)6)33(15-19-8-10-22(28)11-9-19)16-21-14-20-13-17(2)12-18(3)24(20)29-26(21)35/h8-14,23H,7,15-16H2,1-6H3,(H,29,35)/t23-/m1/s1. The number of tetrazole rings is 1. The molecule has 1 atom stereocenters. The van der Waals surface area contributed by atoms with Crippen LogP contribution in [0.5, 0.6) is 0 Å². The van der Waals surface area contributed by atoms with E-state index in [9.17, 15) is 9.18 Å². The molecule has 0 aliphatic rings. The first-order valence-corrected chi connectivity index (χ1v) is 12.0. The van der Waals surface area contributed by atoms with Crippen molar-refractivity contribution >= 4 is 10.9 Å². The zero-order valence-corrected chi connectivity index (χ0v) is 21.3. The van der Waals surface area contributed by atoms with Crippen LogP contribution >= 0.6 is 0 Å². The fourth-order valence-electron chi connectivity index (χ4n) is 4.65. The molecule has 0 fully saturated rings. The fraction of sp³-hybridized carbons (Fsp3) is 0.407. The summed E-state index contributed by atoms with van der Waals surface area (Å²) in [5.74, 6) is 0.465. The summed E-state index contributed by atoms with van der Waals surface area (Å²) in [6.07, 6.45) is 0.737. The summed E-state index contributed by atoms with van der Waals surface area (Å²) in [6, 6.07) is 12.5. The lowest BCUT2D eigenvalue weighted by atomic mass is 10.0. The average molecular weight is 477 g/mol. The van der Waals surface area contributed by atoms with Crippen molar-refractivity contribution < 1.29 is 4.39 Å². The molecule has 7 nitrogen and oxygen atoms in total. The maximum atomic E-state index is 13.6. The van der Waals surface area contributed by atoms with Gasteiger partial charge < -0.3 is 4.98 Å². The molecule has 2 heterocycles. The predicted octanol–water partition coefficient (Wildman–Crippen LogP) is 5.18. The van der Waals surface area contributed by atoms with Crippen molar-refractivity contribution in [3.8, 4) is 0 Å². The fourth-order valence-corrected chi connectivity index (χ4v) is 4.65. The van der Waals surface area contributed by atoms with E-state index in [0.717, 1.165) is 39.8 Å². The number of hydrogen-bond acceptors (Lipinski definition) is 5. The Morgan fingerprint density at radius 3 is 2.46 bits per heavy atom. The van der Waals surface area contributed by atoms with E-state index in [-0.39, 0.29) is 23.0 Å². The van der Waals surface area contributed by atoms with Crippen LogP contribution < -0.4 is 5.56 Å². The molecular weight excluding hydrogens is 443 g/mol. The van der Waals surface area contributed by atoms with Crippen molar-refractivity contribution in [2.75, 3.05) is 0 Å². The molecule has 0 bridgehead atoms. The van der Waals surface area contributed by atoms with Crippen molar-refractivity contribution in [3.05, 3.63) is 86.7 Å². The first-order valence-electron chi connectivity index (χ1n) is 12.0. The normalized spacial score (nSPS) is 13.0. The van der Waals surface area contributed by atoms with Crippen LogP contribution in [0.2, 0.25) is 0 Å². The average Bonchev–Trinajstić information content (AvgIpc) is 3.27. The molecule has 0 aliphatic heterocycles. The van der Waals surface area contributed by atoms with Crippen molar-refractivity contribution in [3.63, 3.8) is 0 Å². The van der Waals surface area contributed by atoms with E-state index in [0.29, 0.717) is 18.7 Å². The molecule has 0 radical (unpaired) electrons. The van der Waals surface area contributed by atoms with E-state index in [1.807, 2.05) is 17.7 Å². The van der Waals surface area contributed by atoms with Crippen LogP contribution in [0.4, 0.5) is 4.39 Å². The molecule has 4 rings (SSSR count). The van der Waals surface area contributed by atoms with E-state index < -0.39 is 0 Å². The number of aryl methyl sites for hydroxylation is 2. The Labute approximate surface area is 205 Å². The van der Waals surface area contributed by atoms with Crippen LogP contribution in [0.1, 0.15) is 68.2 Å². The van der Waals surface area contributed by atoms with E-state index in [2.05, 4.69) is 72.2 Å². The summed E-state index contributed by atoms with van der Waals surface area (Å²) in [5, 5.41) is 13.6. The smallest absolute Gasteiger partial charge is 0.252 e. The first-order chi connectivity index (χ1) is 16.6. The lowest BCUT2D eigenvalue weighted by Crippen LogP contribution is -2.35. The summed E-state index contributed by atoms with van der Waals surface area (Å²) < 4.78 is 15.4. The molecule has 2 aromatic heterocycles. The number of aromatic amines is 1. The van der Waals surface area contributed by atoms with Crippen LogP contribution in [0, 0.1) is 19.7 Å². The largest absolute Gasteiger partial charge is 0.321 e. The van der Waals surface area contributed by atoms with E-state index >= 15 is 0 Å². The molecule has 184 valence electrons. The van der Waals surface area contributed by atoms with Crippen LogP contribution in [0.15, 0.2) is 47.3 Å². The maximum absolute atomic E-state index is 13.6. The van der Waals surface area contributed by atoms with Gasteiger partial charge in [-0.05, 0) is 92.2 Å². The minimum absolute atomic E-state index is 0.112. The Morgan fingerprint density at radius 2 is 1.80 bits per heavy atom. The Balaban J connectivity index is 1.79. The first kappa shape index (κ1) is 24.7. The van der Waals surface area contributed by atoms with Crippen molar-refractivity contribution in [2.24, 2.45) is 0 Å². The molecule has 0 aliphatic carbocycles. The minimum Gasteiger partial charge on any atom is -0.321 e. The highest BCUT2D eigenvalue weighted by Gasteiger charge is 2.29. The zero-order chi connectivity index (χ0) is 25.3. The second kappa shape index (κ2) is 9.70. The lowest BCUT2D eigenvalue weighted by molar-refractivity contribution is 0.153. The topological polar surface area (TPSA) is 79.7 Å². The Kier molecular flexibility index (Phi) is 6.85. The van der Waals surface area contributed by atoms with Crippen LogP contribution in [0.25, 0.3) is 10.9 Å². The van der Waals surface area contributed by atoms with Gasteiger partial charge in [0.05, 0.1) is 17.1 Å². The number of pyridine rings is 1. The van der Waals surface area contributed by atoms with Gasteiger partial charge in [-0.2, -0.15) is 0 Å². The Morgan fingerprint density at radius 1 is 1.09 bits per heavy atom. The summed E-state index contributed by atoms with van der Waals surface area (Å²) in [4.78, 5) is 18.4. The monoisotopic (exact) mass is 476 g/mol. The van der Waals surface area contributed by atoms with Gasteiger partial charge >= 0.3 is 0 Å². The Bertz CT molecular complexity index is 1380. The van der Waals surface area contributed by atoms with E-state index in [1.54, 1.807) is 12.1 Å². The number of aromatic nitrogens is 5. The van der Waals surface area contributed by atoms with Gasteiger partial charge in [0.15, 0.2) is 5.82 Å². The molecule has 0 amide bonds. The highest BCUT2D eigenvalue weighted by molar-refractivity contribution is 5.82. The molecule has 0 saturated heterocycles. The number of benzene rings is 2.